The van der Waals surface area contributed by atoms with E-state index in [2.05, 4.69) is 28.0 Å². The van der Waals surface area contributed by atoms with Crippen LogP contribution in [-0.4, -0.2) is 67.3 Å². The number of hydrogen-bond acceptors (Lipinski definition) is 8. The standard InChI is InChI=1S/C34H40N2O5S.Na/c1-40-31-20-24(9-10-26(31)23-36-15-4-5-16-36)19-30-29-12-11-28(37)22-32(29)42-34(30,41-18-17-35-13-2-3-14-35)27-8-6-7-25(21-27)33(38)39;/h6-12,20-22,30,37H,2-5,13-19,23H2,1H3,(H,38,39);/q;+1/p-1. The Morgan fingerprint density at radius 1 is 1.00 bits per heavy atom. The van der Waals surface area contributed by atoms with Gasteiger partial charge in [-0.2, -0.15) is 0 Å². The minimum atomic E-state index is -1.21. The number of fused-ring (bicyclic) bond motifs is 1. The third-order valence-electron chi connectivity index (χ3n) is 8.90. The van der Waals surface area contributed by atoms with E-state index in [-0.39, 0.29) is 46.8 Å². The molecule has 3 heterocycles. The fourth-order valence-corrected chi connectivity index (χ4v) is 8.29. The third-order valence-corrected chi connectivity index (χ3v) is 10.4. The molecule has 2 fully saturated rings. The number of phenols is 1. The van der Waals surface area contributed by atoms with Crippen molar-refractivity contribution in [2.75, 3.05) is 46.4 Å². The number of carboxylic acid groups (broad SMARTS) is 1. The van der Waals surface area contributed by atoms with E-state index in [1.54, 1.807) is 49.2 Å². The number of methoxy groups -OCH3 is 1. The van der Waals surface area contributed by atoms with Crippen molar-refractivity contribution < 1.29 is 54.0 Å². The molecule has 0 amide bonds. The molecule has 0 radical (unpaired) electrons. The van der Waals surface area contributed by atoms with Crippen LogP contribution in [0.25, 0.3) is 0 Å². The molecule has 2 atom stereocenters. The van der Waals surface area contributed by atoms with Crippen molar-refractivity contribution in [1.82, 2.24) is 9.80 Å². The quantitative estimate of drug-likeness (QED) is 0.329. The second kappa shape index (κ2) is 14.4. The smallest absolute Gasteiger partial charge is 0.545 e. The average Bonchev–Trinajstić information content (AvgIpc) is 3.76. The van der Waals surface area contributed by atoms with Gasteiger partial charge in [0.2, 0.25) is 0 Å². The van der Waals surface area contributed by atoms with Crippen molar-refractivity contribution >= 4 is 17.7 Å². The second-order valence-corrected chi connectivity index (χ2v) is 12.9. The maximum absolute atomic E-state index is 11.9. The van der Waals surface area contributed by atoms with Crippen LogP contribution in [0.3, 0.4) is 0 Å². The minimum absolute atomic E-state index is 0. The summed E-state index contributed by atoms with van der Waals surface area (Å²) in [7, 11) is 1.73. The van der Waals surface area contributed by atoms with Crippen LogP contribution in [0.1, 0.15) is 64.2 Å². The molecule has 0 aliphatic carbocycles. The van der Waals surface area contributed by atoms with Crippen LogP contribution >= 0.6 is 11.8 Å². The number of carbonyl (C=O) groups excluding carboxylic acids is 1. The number of ether oxygens (including phenoxy) is 2. The number of thioether (sulfide) groups is 1. The van der Waals surface area contributed by atoms with E-state index in [1.807, 2.05) is 12.1 Å². The summed E-state index contributed by atoms with van der Waals surface area (Å²) in [4.78, 5) is 16.9. The predicted octanol–water partition coefficient (Wildman–Crippen LogP) is 1.76. The Morgan fingerprint density at radius 2 is 1.74 bits per heavy atom. The van der Waals surface area contributed by atoms with Crippen LogP contribution in [-0.2, 0) is 22.6 Å². The van der Waals surface area contributed by atoms with E-state index in [0.29, 0.717) is 13.0 Å². The van der Waals surface area contributed by atoms with Gasteiger partial charge in [-0.25, -0.2) is 0 Å². The van der Waals surface area contributed by atoms with Gasteiger partial charge in [-0.3, -0.25) is 4.90 Å². The zero-order valence-electron chi connectivity index (χ0n) is 25.2. The first-order valence-electron chi connectivity index (χ1n) is 15.0. The molecule has 3 aliphatic heterocycles. The van der Waals surface area contributed by atoms with Gasteiger partial charge < -0.3 is 29.4 Å². The zero-order valence-corrected chi connectivity index (χ0v) is 28.0. The molecule has 0 bridgehead atoms. The third kappa shape index (κ3) is 7.12. The number of carbonyl (C=O) groups is 1. The second-order valence-electron chi connectivity index (χ2n) is 11.6. The van der Waals surface area contributed by atoms with E-state index in [1.165, 1.54) is 31.2 Å². The number of hydrogen-bond donors (Lipinski definition) is 1. The van der Waals surface area contributed by atoms with Crippen LogP contribution in [0.2, 0.25) is 0 Å². The number of benzene rings is 3. The van der Waals surface area contributed by atoms with Gasteiger partial charge in [-0.1, -0.05) is 48.2 Å². The maximum atomic E-state index is 11.9. The Balaban J connectivity index is 0.00000368. The van der Waals surface area contributed by atoms with Gasteiger partial charge in [-0.05, 0) is 105 Å². The average molecular weight is 611 g/mol. The summed E-state index contributed by atoms with van der Waals surface area (Å²) in [6, 6.07) is 19.0. The molecule has 2 unspecified atom stereocenters. The normalized spacial score (nSPS) is 21.9. The molecule has 9 heteroatoms. The number of phenolic OH excluding ortho intramolecular Hbond substituents is 1. The summed E-state index contributed by atoms with van der Waals surface area (Å²) in [5, 5.41) is 22.3. The summed E-state index contributed by atoms with van der Waals surface area (Å²) >= 11 is 1.56. The summed E-state index contributed by atoms with van der Waals surface area (Å²) in [6.07, 6.45) is 5.55. The van der Waals surface area contributed by atoms with Crippen molar-refractivity contribution in [3.8, 4) is 11.5 Å². The van der Waals surface area contributed by atoms with Gasteiger partial charge >= 0.3 is 29.6 Å². The number of nitrogens with zero attached hydrogens (tertiary/aromatic N) is 2. The van der Waals surface area contributed by atoms with Crippen molar-refractivity contribution in [3.05, 3.63) is 88.5 Å². The SMILES string of the molecule is COc1cc(CC2c3ccc(O)cc3SC2(OCCN2CCCC2)c2cccc(C(=O)[O-])c2)ccc1CN1CCCC1.[Na+]. The number of aromatic hydroxyl groups is 1. The van der Waals surface area contributed by atoms with E-state index in [4.69, 9.17) is 9.47 Å². The fourth-order valence-electron chi connectivity index (χ4n) is 6.72. The summed E-state index contributed by atoms with van der Waals surface area (Å²) in [6.45, 7) is 6.60. The molecule has 0 aromatic heterocycles. The largest absolute Gasteiger partial charge is 1.00 e. The Bertz CT molecular complexity index is 1430. The summed E-state index contributed by atoms with van der Waals surface area (Å²) in [5.41, 5.74) is 4.30. The summed E-state index contributed by atoms with van der Waals surface area (Å²) in [5.74, 6) is -0.264. The fraction of sp³-hybridized carbons (Fsp3) is 0.441. The first-order chi connectivity index (χ1) is 20.4. The predicted molar refractivity (Wildman–Crippen MR) is 162 cm³/mol. The molecule has 0 spiro atoms. The molecule has 3 aromatic carbocycles. The molecule has 2 saturated heterocycles. The zero-order chi connectivity index (χ0) is 29.1. The van der Waals surface area contributed by atoms with Crippen LogP contribution in [0, 0.1) is 0 Å². The number of aromatic carboxylic acids is 1. The van der Waals surface area contributed by atoms with E-state index in [9.17, 15) is 15.0 Å². The molecule has 43 heavy (non-hydrogen) atoms. The molecule has 7 nitrogen and oxygen atoms in total. The Morgan fingerprint density at radius 3 is 2.47 bits per heavy atom. The van der Waals surface area contributed by atoms with Crippen molar-refractivity contribution in [1.29, 1.82) is 0 Å². The van der Waals surface area contributed by atoms with Crippen LogP contribution in [0.5, 0.6) is 11.5 Å². The van der Waals surface area contributed by atoms with Crippen molar-refractivity contribution in [2.45, 2.75) is 54.4 Å². The topological polar surface area (TPSA) is 85.3 Å². The van der Waals surface area contributed by atoms with Crippen molar-refractivity contribution in [2.24, 2.45) is 0 Å². The van der Waals surface area contributed by atoms with Crippen LogP contribution in [0.15, 0.2) is 65.6 Å². The summed E-state index contributed by atoms with van der Waals surface area (Å²) < 4.78 is 12.8. The molecular weight excluding hydrogens is 571 g/mol. The minimum Gasteiger partial charge on any atom is -0.545 e. The monoisotopic (exact) mass is 610 g/mol. The molecular formula is C34H39N2NaO5S. The van der Waals surface area contributed by atoms with E-state index < -0.39 is 10.9 Å². The van der Waals surface area contributed by atoms with Crippen molar-refractivity contribution in [3.63, 3.8) is 0 Å². The first kappa shape index (κ1) is 32.4. The number of carboxylic acids is 1. The number of rotatable bonds is 11. The van der Waals surface area contributed by atoms with Gasteiger partial charge in [0.05, 0.1) is 19.7 Å². The van der Waals surface area contributed by atoms with Gasteiger partial charge in [-0.15, -0.1) is 0 Å². The van der Waals surface area contributed by atoms with Gasteiger partial charge in [0.1, 0.15) is 11.5 Å². The maximum Gasteiger partial charge on any atom is 1.00 e. The molecule has 3 aromatic rings. The van der Waals surface area contributed by atoms with Crippen LogP contribution < -0.4 is 39.4 Å². The molecule has 6 rings (SSSR count). The van der Waals surface area contributed by atoms with Crippen LogP contribution in [0.4, 0.5) is 0 Å². The van der Waals surface area contributed by atoms with Gasteiger partial charge in [0, 0.05) is 29.5 Å². The van der Waals surface area contributed by atoms with Gasteiger partial charge in [0.15, 0.2) is 4.93 Å². The van der Waals surface area contributed by atoms with E-state index in [0.717, 1.165) is 66.6 Å². The Hall–Kier alpha value is -2.04. The Kier molecular flexibility index (Phi) is 10.8. The molecule has 222 valence electrons. The number of likely N-dealkylation sites (tertiary alicyclic amines) is 2. The molecule has 1 N–H and O–H groups in total. The first-order valence-corrected chi connectivity index (χ1v) is 15.8. The molecule has 3 aliphatic rings. The van der Waals surface area contributed by atoms with Gasteiger partial charge in [0.25, 0.3) is 0 Å². The molecule has 0 saturated carbocycles. The van der Waals surface area contributed by atoms with E-state index >= 15 is 0 Å². The Labute approximate surface area is 280 Å².